The van der Waals surface area contributed by atoms with Crippen molar-refractivity contribution in [1.82, 2.24) is 10.2 Å². The van der Waals surface area contributed by atoms with Crippen LogP contribution < -0.4 is 5.32 Å². The van der Waals surface area contributed by atoms with Crippen molar-refractivity contribution >= 4 is 0 Å². The molecule has 1 aromatic carbocycles. The van der Waals surface area contributed by atoms with Gasteiger partial charge in [0, 0.05) is 12.6 Å². The standard InChI is InChI=1S/C18H29FN2/c1-4-15-8-10-21(13-15)11-9-18(20-5-2)16-7-6-14(3)17(19)12-16/h6-7,12,15,18,20H,4-5,8-11,13H2,1-3H3. The van der Waals surface area contributed by atoms with E-state index in [1.807, 2.05) is 13.0 Å². The first-order chi connectivity index (χ1) is 10.1. The van der Waals surface area contributed by atoms with E-state index in [2.05, 4.69) is 30.1 Å². The van der Waals surface area contributed by atoms with E-state index in [1.54, 1.807) is 6.07 Å². The molecular weight excluding hydrogens is 263 g/mol. The lowest BCUT2D eigenvalue weighted by Gasteiger charge is -2.23. The molecule has 0 bridgehead atoms. The van der Waals surface area contributed by atoms with Gasteiger partial charge in [0.2, 0.25) is 0 Å². The van der Waals surface area contributed by atoms with Crippen LogP contribution in [0.3, 0.4) is 0 Å². The fourth-order valence-corrected chi connectivity index (χ4v) is 3.22. The quantitative estimate of drug-likeness (QED) is 0.820. The summed E-state index contributed by atoms with van der Waals surface area (Å²) in [6.45, 7) is 10.7. The monoisotopic (exact) mass is 292 g/mol. The average Bonchev–Trinajstić information content (AvgIpc) is 2.94. The van der Waals surface area contributed by atoms with Crippen LogP contribution in [0.25, 0.3) is 0 Å². The van der Waals surface area contributed by atoms with Gasteiger partial charge in [0.25, 0.3) is 0 Å². The highest BCUT2D eigenvalue weighted by atomic mass is 19.1. The summed E-state index contributed by atoms with van der Waals surface area (Å²) in [7, 11) is 0. The van der Waals surface area contributed by atoms with Crippen LogP contribution in [0.4, 0.5) is 4.39 Å². The maximum Gasteiger partial charge on any atom is 0.126 e. The predicted molar refractivity (Wildman–Crippen MR) is 87.0 cm³/mol. The molecule has 21 heavy (non-hydrogen) atoms. The third kappa shape index (κ3) is 4.52. The third-order valence-electron chi connectivity index (χ3n) is 4.73. The zero-order valence-electron chi connectivity index (χ0n) is 13.7. The van der Waals surface area contributed by atoms with E-state index in [9.17, 15) is 4.39 Å². The molecule has 1 N–H and O–H groups in total. The SMILES string of the molecule is CCNC(CCN1CCC(CC)C1)c1ccc(C)c(F)c1. The molecule has 0 radical (unpaired) electrons. The van der Waals surface area contributed by atoms with Crippen LogP contribution in [-0.2, 0) is 0 Å². The molecule has 0 spiro atoms. The van der Waals surface area contributed by atoms with Crippen molar-refractivity contribution in [2.75, 3.05) is 26.2 Å². The summed E-state index contributed by atoms with van der Waals surface area (Å²) >= 11 is 0. The van der Waals surface area contributed by atoms with Gasteiger partial charge in [-0.3, -0.25) is 0 Å². The lowest BCUT2D eigenvalue weighted by molar-refractivity contribution is 0.298. The Kier molecular flexibility index (Phi) is 6.19. The van der Waals surface area contributed by atoms with Crippen LogP contribution in [0.15, 0.2) is 18.2 Å². The largest absolute Gasteiger partial charge is 0.310 e. The highest BCUT2D eigenvalue weighted by Crippen LogP contribution is 2.23. The van der Waals surface area contributed by atoms with Gasteiger partial charge in [0.1, 0.15) is 5.82 Å². The van der Waals surface area contributed by atoms with Crippen molar-refractivity contribution in [3.05, 3.63) is 35.1 Å². The number of hydrogen-bond donors (Lipinski definition) is 1. The van der Waals surface area contributed by atoms with Crippen LogP contribution >= 0.6 is 0 Å². The van der Waals surface area contributed by atoms with Gasteiger partial charge in [-0.1, -0.05) is 32.4 Å². The number of nitrogens with one attached hydrogen (secondary N) is 1. The summed E-state index contributed by atoms with van der Waals surface area (Å²) in [5, 5.41) is 3.50. The zero-order valence-corrected chi connectivity index (χ0v) is 13.7. The maximum atomic E-state index is 13.8. The van der Waals surface area contributed by atoms with E-state index in [-0.39, 0.29) is 11.9 Å². The number of benzene rings is 1. The first-order valence-electron chi connectivity index (χ1n) is 8.35. The van der Waals surface area contributed by atoms with Crippen molar-refractivity contribution < 1.29 is 4.39 Å². The molecule has 118 valence electrons. The summed E-state index contributed by atoms with van der Waals surface area (Å²) in [6.07, 6.45) is 3.67. The fraction of sp³-hybridized carbons (Fsp3) is 0.667. The normalized spacial score (nSPS) is 20.9. The summed E-state index contributed by atoms with van der Waals surface area (Å²) in [4.78, 5) is 2.56. The van der Waals surface area contributed by atoms with Gasteiger partial charge in [0.15, 0.2) is 0 Å². The minimum Gasteiger partial charge on any atom is -0.310 e. The van der Waals surface area contributed by atoms with Crippen molar-refractivity contribution in [3.8, 4) is 0 Å². The van der Waals surface area contributed by atoms with Crippen LogP contribution in [0.1, 0.15) is 50.3 Å². The molecule has 0 amide bonds. The third-order valence-corrected chi connectivity index (χ3v) is 4.73. The number of hydrogen-bond acceptors (Lipinski definition) is 2. The Labute approximate surface area is 128 Å². The Bertz CT molecular complexity index is 447. The highest BCUT2D eigenvalue weighted by Gasteiger charge is 2.22. The molecule has 1 heterocycles. The molecule has 0 saturated carbocycles. The second kappa shape index (κ2) is 7.90. The Morgan fingerprint density at radius 2 is 2.19 bits per heavy atom. The number of aryl methyl sites for hydroxylation is 1. The van der Waals surface area contributed by atoms with Gasteiger partial charge >= 0.3 is 0 Å². The first kappa shape index (κ1) is 16.4. The molecule has 2 unspecified atom stereocenters. The molecule has 0 aromatic heterocycles. The van der Waals surface area contributed by atoms with Gasteiger partial charge in [-0.2, -0.15) is 0 Å². The second-order valence-corrected chi connectivity index (χ2v) is 6.27. The molecule has 2 nitrogen and oxygen atoms in total. The Balaban J connectivity index is 1.94. The number of likely N-dealkylation sites (tertiary alicyclic amines) is 1. The summed E-state index contributed by atoms with van der Waals surface area (Å²) in [5.74, 6) is 0.780. The minimum atomic E-state index is -0.0948. The first-order valence-corrected chi connectivity index (χ1v) is 8.35. The lowest BCUT2D eigenvalue weighted by atomic mass is 10.0. The molecule has 1 aliphatic rings. The van der Waals surface area contributed by atoms with Crippen molar-refractivity contribution in [1.29, 1.82) is 0 Å². The van der Waals surface area contributed by atoms with Gasteiger partial charge in [-0.15, -0.1) is 0 Å². The van der Waals surface area contributed by atoms with Crippen LogP contribution in [0, 0.1) is 18.7 Å². The number of rotatable bonds is 7. The smallest absolute Gasteiger partial charge is 0.126 e. The maximum absolute atomic E-state index is 13.8. The average molecular weight is 292 g/mol. The molecule has 1 fully saturated rings. The topological polar surface area (TPSA) is 15.3 Å². The molecule has 1 aromatic rings. The van der Waals surface area contributed by atoms with E-state index >= 15 is 0 Å². The molecule has 1 aliphatic heterocycles. The zero-order chi connectivity index (χ0) is 15.2. The van der Waals surface area contributed by atoms with Gasteiger partial charge < -0.3 is 10.2 Å². The van der Waals surface area contributed by atoms with Gasteiger partial charge in [-0.25, -0.2) is 4.39 Å². The van der Waals surface area contributed by atoms with E-state index < -0.39 is 0 Å². The minimum absolute atomic E-state index is 0.0948. The van der Waals surface area contributed by atoms with Crippen LogP contribution in [0.5, 0.6) is 0 Å². The summed E-state index contributed by atoms with van der Waals surface area (Å²) < 4.78 is 13.8. The van der Waals surface area contributed by atoms with E-state index in [0.29, 0.717) is 0 Å². The lowest BCUT2D eigenvalue weighted by Crippen LogP contribution is -2.28. The number of nitrogens with zero attached hydrogens (tertiary/aromatic N) is 1. The number of halogens is 1. The molecular formula is C18H29FN2. The molecule has 1 saturated heterocycles. The molecule has 2 rings (SSSR count). The second-order valence-electron chi connectivity index (χ2n) is 6.27. The predicted octanol–water partition coefficient (Wildman–Crippen LogP) is 3.91. The Morgan fingerprint density at radius 1 is 1.38 bits per heavy atom. The van der Waals surface area contributed by atoms with Crippen molar-refractivity contribution in [2.24, 2.45) is 5.92 Å². The van der Waals surface area contributed by atoms with Crippen LogP contribution in [-0.4, -0.2) is 31.1 Å². The fourth-order valence-electron chi connectivity index (χ4n) is 3.22. The van der Waals surface area contributed by atoms with Gasteiger partial charge in [0.05, 0.1) is 0 Å². The summed E-state index contributed by atoms with van der Waals surface area (Å²) in [6, 6.07) is 5.90. The van der Waals surface area contributed by atoms with Crippen LogP contribution in [0.2, 0.25) is 0 Å². The molecule has 3 heteroatoms. The van der Waals surface area contributed by atoms with E-state index in [1.165, 1.54) is 25.9 Å². The Hall–Kier alpha value is -0.930. The van der Waals surface area contributed by atoms with Crippen molar-refractivity contribution in [2.45, 2.75) is 46.1 Å². The Morgan fingerprint density at radius 3 is 2.81 bits per heavy atom. The van der Waals surface area contributed by atoms with E-state index in [4.69, 9.17) is 0 Å². The van der Waals surface area contributed by atoms with Crippen molar-refractivity contribution in [3.63, 3.8) is 0 Å². The molecule has 2 atom stereocenters. The summed E-state index contributed by atoms with van der Waals surface area (Å²) in [5.41, 5.74) is 1.80. The highest BCUT2D eigenvalue weighted by molar-refractivity contribution is 5.25. The van der Waals surface area contributed by atoms with E-state index in [0.717, 1.165) is 36.6 Å². The van der Waals surface area contributed by atoms with Gasteiger partial charge in [-0.05, 0) is 62.5 Å². The molecule has 0 aliphatic carbocycles.